The molecule has 0 bridgehead atoms. The van der Waals surface area contributed by atoms with Gasteiger partial charge in [0.2, 0.25) is 5.91 Å². The number of hydrogen-bond acceptors (Lipinski definition) is 7. The van der Waals surface area contributed by atoms with Crippen molar-refractivity contribution in [2.45, 2.75) is 29.7 Å². The van der Waals surface area contributed by atoms with E-state index in [4.69, 9.17) is 4.18 Å². The molecule has 0 aromatic heterocycles. The molecule has 2 amide bonds. The number of fused-ring (bicyclic) bond motifs is 1. The van der Waals surface area contributed by atoms with Crippen LogP contribution in [0.25, 0.3) is 0 Å². The highest BCUT2D eigenvalue weighted by Crippen LogP contribution is 2.41. The van der Waals surface area contributed by atoms with Crippen LogP contribution in [0.1, 0.15) is 11.1 Å². The molecule has 4 rings (SSSR count). The van der Waals surface area contributed by atoms with Gasteiger partial charge >= 0.3 is 16.1 Å². The predicted octanol–water partition coefficient (Wildman–Crippen LogP) is 1.64. The van der Waals surface area contributed by atoms with Gasteiger partial charge in [-0.1, -0.05) is 48.0 Å². The van der Waals surface area contributed by atoms with Crippen molar-refractivity contribution < 1.29 is 32.1 Å². The molecule has 1 saturated heterocycles. The molecule has 2 N–H and O–H groups in total. The Balaban J connectivity index is 1.51. The Morgan fingerprint density at radius 3 is 2.45 bits per heavy atom. The van der Waals surface area contributed by atoms with E-state index in [0.717, 1.165) is 27.8 Å². The maximum atomic E-state index is 12.7. The minimum absolute atomic E-state index is 0.0762. The molecule has 11 heteroatoms. The van der Waals surface area contributed by atoms with Crippen LogP contribution < -0.4 is 5.32 Å². The molecule has 2 aromatic carbocycles. The largest absolute Gasteiger partial charge is 0.476 e. The molecular weight excluding hydrogens is 468 g/mol. The van der Waals surface area contributed by atoms with Gasteiger partial charge in [-0.3, -0.25) is 14.5 Å². The van der Waals surface area contributed by atoms with E-state index < -0.39 is 39.1 Å². The summed E-state index contributed by atoms with van der Waals surface area (Å²) in [4.78, 5) is 37.8. The van der Waals surface area contributed by atoms with Crippen LogP contribution in [0.5, 0.6) is 0 Å². The number of thioether (sulfide) groups is 1. The fourth-order valence-electron chi connectivity index (χ4n) is 3.55. The second-order valence-corrected chi connectivity index (χ2v) is 10.2. The third-order valence-electron chi connectivity index (χ3n) is 5.18. The minimum atomic E-state index is -4.29. The molecule has 1 unspecified atom stereocenters. The van der Waals surface area contributed by atoms with Crippen LogP contribution in [0, 0.1) is 6.92 Å². The summed E-state index contributed by atoms with van der Waals surface area (Å²) in [6, 6.07) is 14.0. The molecule has 33 heavy (non-hydrogen) atoms. The topological polar surface area (TPSA) is 130 Å². The summed E-state index contributed by atoms with van der Waals surface area (Å²) in [5.41, 5.74) is 1.09. The highest BCUT2D eigenvalue weighted by molar-refractivity contribution is 8.00. The quantitative estimate of drug-likeness (QED) is 0.444. The maximum absolute atomic E-state index is 12.7. The number of amides is 2. The molecule has 0 radical (unpaired) electrons. The van der Waals surface area contributed by atoms with Crippen molar-refractivity contribution in [2.24, 2.45) is 0 Å². The molecule has 2 aliphatic heterocycles. The molecule has 0 saturated carbocycles. The van der Waals surface area contributed by atoms with Gasteiger partial charge in [0.15, 0.2) is 11.5 Å². The van der Waals surface area contributed by atoms with Crippen molar-refractivity contribution in [3.8, 4) is 0 Å². The molecular formula is C22H20N2O7S2. The summed E-state index contributed by atoms with van der Waals surface area (Å²) in [6.45, 7) is 1.80. The van der Waals surface area contributed by atoms with E-state index in [2.05, 4.69) is 5.32 Å². The summed E-state index contributed by atoms with van der Waals surface area (Å²) in [5, 5.41) is 11.7. The molecule has 9 nitrogen and oxygen atoms in total. The predicted molar refractivity (Wildman–Crippen MR) is 119 cm³/mol. The number of rotatable bonds is 7. The smallest absolute Gasteiger partial charge is 0.356 e. The van der Waals surface area contributed by atoms with Gasteiger partial charge in [0.05, 0.1) is 12.2 Å². The molecule has 2 atom stereocenters. The Morgan fingerprint density at radius 1 is 1.15 bits per heavy atom. The van der Waals surface area contributed by atoms with Crippen molar-refractivity contribution in [1.82, 2.24) is 10.2 Å². The number of carboxylic acids is 1. The highest BCUT2D eigenvalue weighted by Gasteiger charge is 2.55. The Bertz CT molecular complexity index is 1240. The number of aryl methyl sites for hydroxylation is 1. The van der Waals surface area contributed by atoms with Gasteiger partial charge in [-0.05, 0) is 24.6 Å². The second-order valence-electron chi connectivity index (χ2n) is 7.54. The zero-order valence-electron chi connectivity index (χ0n) is 17.4. The first-order chi connectivity index (χ1) is 15.7. The Labute approximate surface area is 194 Å². The van der Waals surface area contributed by atoms with Gasteiger partial charge < -0.3 is 14.6 Å². The third kappa shape index (κ3) is 4.60. The van der Waals surface area contributed by atoms with E-state index in [9.17, 15) is 27.9 Å². The average Bonchev–Trinajstić information content (AvgIpc) is 2.77. The van der Waals surface area contributed by atoms with Crippen LogP contribution in [-0.2, 0) is 35.1 Å². The third-order valence-corrected chi connectivity index (χ3v) is 7.70. The lowest BCUT2D eigenvalue weighted by Gasteiger charge is -2.48. The van der Waals surface area contributed by atoms with E-state index in [-0.39, 0.29) is 28.7 Å². The molecule has 0 spiro atoms. The summed E-state index contributed by atoms with van der Waals surface area (Å²) >= 11 is 1.12. The van der Waals surface area contributed by atoms with E-state index >= 15 is 0 Å². The van der Waals surface area contributed by atoms with Crippen LogP contribution in [0.15, 0.2) is 70.9 Å². The van der Waals surface area contributed by atoms with Gasteiger partial charge in [0.25, 0.3) is 5.91 Å². The highest BCUT2D eigenvalue weighted by atomic mass is 32.2. The number of carboxylic acid groups (broad SMARTS) is 1. The average molecular weight is 489 g/mol. The standard InChI is InChI=1S/C22H20N2O7S2/c1-13-7-9-15(10-8-13)33(29,30)31-16-12-32-21-18(20(26)24(21)19(16)22(27)28)23-17(25)11-14-5-3-2-4-6-14/h2-10,18,21H,11-12H2,1H3,(H,23,25)(H,27,28)/t18?,21-/m1/s1. The number of nitrogens with one attached hydrogen (secondary N) is 1. The summed E-state index contributed by atoms with van der Waals surface area (Å²) in [5.74, 6) is -2.93. The zero-order chi connectivity index (χ0) is 23.8. The molecule has 2 heterocycles. The number of hydrogen-bond donors (Lipinski definition) is 2. The molecule has 0 aliphatic carbocycles. The Morgan fingerprint density at radius 2 is 1.82 bits per heavy atom. The van der Waals surface area contributed by atoms with Crippen molar-refractivity contribution in [1.29, 1.82) is 0 Å². The summed E-state index contributed by atoms with van der Waals surface area (Å²) in [7, 11) is -4.29. The first-order valence-corrected chi connectivity index (χ1v) is 12.4. The summed E-state index contributed by atoms with van der Waals surface area (Å²) in [6.07, 6.45) is 0.0762. The zero-order valence-corrected chi connectivity index (χ0v) is 19.1. The maximum Gasteiger partial charge on any atom is 0.356 e. The number of nitrogens with zero attached hydrogens (tertiary/aromatic N) is 1. The first-order valence-electron chi connectivity index (χ1n) is 9.93. The number of aliphatic carboxylic acids is 1. The van der Waals surface area contributed by atoms with Crippen molar-refractivity contribution in [3.63, 3.8) is 0 Å². The molecule has 2 aliphatic rings. The van der Waals surface area contributed by atoms with Crippen molar-refractivity contribution in [2.75, 3.05) is 5.75 Å². The van der Waals surface area contributed by atoms with E-state index in [0.29, 0.717) is 0 Å². The van der Waals surface area contributed by atoms with Crippen LogP contribution in [-0.4, -0.2) is 53.4 Å². The molecule has 2 aromatic rings. The SMILES string of the molecule is Cc1ccc(S(=O)(=O)OC2=C(C(=O)O)N3C(=O)C(NC(=O)Cc4ccccc4)[C@H]3SC2)cc1. The fourth-order valence-corrected chi connectivity index (χ4v) is 5.84. The van der Waals surface area contributed by atoms with Gasteiger partial charge in [0, 0.05) is 0 Å². The van der Waals surface area contributed by atoms with E-state index in [1.54, 1.807) is 43.3 Å². The lowest BCUT2D eigenvalue weighted by molar-refractivity contribution is -0.151. The monoisotopic (exact) mass is 488 g/mol. The minimum Gasteiger partial charge on any atom is -0.476 e. The Kier molecular flexibility index (Phi) is 6.17. The van der Waals surface area contributed by atoms with Crippen molar-refractivity contribution >= 4 is 39.7 Å². The fraction of sp³-hybridized carbons (Fsp3) is 0.227. The number of carbonyl (C=O) groups excluding carboxylic acids is 2. The number of benzene rings is 2. The van der Waals surface area contributed by atoms with Crippen LogP contribution in [0.4, 0.5) is 0 Å². The van der Waals surface area contributed by atoms with Gasteiger partial charge in [-0.15, -0.1) is 11.8 Å². The van der Waals surface area contributed by atoms with E-state index in [1.165, 1.54) is 12.1 Å². The number of carbonyl (C=O) groups is 3. The van der Waals surface area contributed by atoms with Crippen molar-refractivity contribution in [3.05, 3.63) is 77.2 Å². The van der Waals surface area contributed by atoms with Gasteiger partial charge in [0.1, 0.15) is 16.3 Å². The van der Waals surface area contributed by atoms with Gasteiger partial charge in [-0.2, -0.15) is 8.42 Å². The van der Waals surface area contributed by atoms with Crippen LogP contribution in [0.3, 0.4) is 0 Å². The van der Waals surface area contributed by atoms with Crippen LogP contribution >= 0.6 is 11.8 Å². The first kappa shape index (κ1) is 22.9. The second kappa shape index (κ2) is 8.91. The van der Waals surface area contributed by atoms with E-state index in [1.807, 2.05) is 6.07 Å². The van der Waals surface area contributed by atoms with Crippen LogP contribution in [0.2, 0.25) is 0 Å². The lowest BCUT2D eigenvalue weighted by atomic mass is 10.0. The lowest BCUT2D eigenvalue weighted by Crippen LogP contribution is -2.70. The molecule has 172 valence electrons. The van der Waals surface area contributed by atoms with Gasteiger partial charge in [-0.25, -0.2) is 4.79 Å². The summed E-state index contributed by atoms with van der Waals surface area (Å²) < 4.78 is 30.4. The number of β-lactam (4-membered cyclic amide) rings is 1. The Hall–Kier alpha value is -3.31. The normalized spacial score (nSPS) is 20.0. The molecule has 1 fully saturated rings.